The van der Waals surface area contributed by atoms with Gasteiger partial charge in [-0.2, -0.15) is 0 Å². The molecular weight excluding hydrogens is 268 g/mol. The summed E-state index contributed by atoms with van der Waals surface area (Å²) < 4.78 is 6.01. The molecule has 0 spiro atoms. The number of aromatic hydroxyl groups is 1. The molecule has 4 heteroatoms. The Morgan fingerprint density at radius 1 is 1.29 bits per heavy atom. The van der Waals surface area contributed by atoms with E-state index in [0.29, 0.717) is 11.3 Å². The van der Waals surface area contributed by atoms with Crippen molar-refractivity contribution in [2.45, 2.75) is 25.9 Å². The minimum atomic E-state index is -1.12. The molecule has 3 rings (SSSR count). The minimum Gasteiger partial charge on any atom is -0.507 e. The van der Waals surface area contributed by atoms with Gasteiger partial charge < -0.3 is 14.9 Å². The molecule has 1 heterocycles. The maximum atomic E-state index is 11.1. The number of hydrogen-bond donors (Lipinski definition) is 2. The molecule has 4 nitrogen and oxygen atoms in total. The molecule has 0 fully saturated rings. The number of carbonyl (C=O) groups is 1. The summed E-state index contributed by atoms with van der Waals surface area (Å²) in [5, 5.41) is 19.1. The number of carboxylic acid groups (broad SMARTS) is 1. The first kappa shape index (κ1) is 13.5. The number of fused-ring (bicyclic) bond motifs is 1. The van der Waals surface area contributed by atoms with Gasteiger partial charge in [0.1, 0.15) is 23.2 Å². The Balaban J connectivity index is 2.00. The van der Waals surface area contributed by atoms with Gasteiger partial charge >= 0.3 is 5.97 Å². The molecule has 0 aromatic heterocycles. The van der Waals surface area contributed by atoms with Crippen LogP contribution in [0, 0.1) is 6.92 Å². The second-order valence-electron chi connectivity index (χ2n) is 5.25. The number of hydrogen-bond acceptors (Lipinski definition) is 3. The molecule has 21 heavy (non-hydrogen) atoms. The van der Waals surface area contributed by atoms with Crippen molar-refractivity contribution in [1.29, 1.82) is 0 Å². The Labute approximate surface area is 122 Å². The van der Waals surface area contributed by atoms with Crippen LogP contribution in [0.15, 0.2) is 36.4 Å². The third-order valence-corrected chi connectivity index (χ3v) is 3.90. The highest BCUT2D eigenvalue weighted by Gasteiger charge is 2.26. The molecule has 1 unspecified atom stereocenters. The van der Waals surface area contributed by atoms with Gasteiger partial charge in [-0.3, -0.25) is 0 Å². The molecule has 0 saturated carbocycles. The van der Waals surface area contributed by atoms with Crippen molar-refractivity contribution in [3.8, 4) is 11.5 Å². The number of aryl methyl sites for hydroxylation is 1. The number of carboxylic acids is 1. The van der Waals surface area contributed by atoms with Crippen molar-refractivity contribution in [3.05, 3.63) is 58.7 Å². The maximum absolute atomic E-state index is 11.1. The zero-order valence-corrected chi connectivity index (χ0v) is 11.7. The van der Waals surface area contributed by atoms with Crippen molar-refractivity contribution < 1.29 is 19.7 Å². The van der Waals surface area contributed by atoms with Crippen LogP contribution >= 0.6 is 0 Å². The Bertz CT molecular complexity index is 692. The highest BCUT2D eigenvalue weighted by Crippen LogP contribution is 2.41. The predicted octanol–water partition coefficient (Wildman–Crippen LogP) is 3.47. The van der Waals surface area contributed by atoms with Gasteiger partial charge in [0.2, 0.25) is 0 Å². The quantitative estimate of drug-likeness (QED) is 0.886. The molecule has 1 aliphatic rings. The van der Waals surface area contributed by atoms with Crippen molar-refractivity contribution >= 4 is 5.97 Å². The van der Waals surface area contributed by atoms with Gasteiger partial charge in [-0.15, -0.1) is 0 Å². The van der Waals surface area contributed by atoms with E-state index >= 15 is 0 Å². The third-order valence-electron chi connectivity index (χ3n) is 3.90. The van der Waals surface area contributed by atoms with Crippen molar-refractivity contribution in [2.75, 3.05) is 0 Å². The van der Waals surface area contributed by atoms with Gasteiger partial charge in [-0.05, 0) is 37.0 Å². The Kier molecular flexibility index (Phi) is 3.29. The van der Waals surface area contributed by atoms with Gasteiger partial charge in [0, 0.05) is 5.56 Å². The average Bonchev–Trinajstić information content (AvgIpc) is 2.51. The molecule has 1 atom stereocenters. The first-order valence-electron chi connectivity index (χ1n) is 6.88. The molecule has 2 aromatic carbocycles. The zero-order valence-electron chi connectivity index (χ0n) is 11.7. The number of benzene rings is 2. The number of ether oxygens (including phenoxy) is 1. The maximum Gasteiger partial charge on any atom is 0.339 e. The van der Waals surface area contributed by atoms with E-state index in [-0.39, 0.29) is 17.4 Å². The molecule has 2 N–H and O–H groups in total. The second-order valence-corrected chi connectivity index (χ2v) is 5.25. The summed E-state index contributed by atoms with van der Waals surface area (Å²) in [5.74, 6) is -0.726. The summed E-state index contributed by atoms with van der Waals surface area (Å²) in [6.07, 6.45) is 1.46. The van der Waals surface area contributed by atoms with E-state index in [2.05, 4.69) is 0 Å². The van der Waals surface area contributed by atoms with E-state index < -0.39 is 5.97 Å². The summed E-state index contributed by atoms with van der Waals surface area (Å²) in [6, 6.07) is 11.4. The minimum absolute atomic E-state index is 0.0620. The lowest BCUT2D eigenvalue weighted by Gasteiger charge is -2.28. The molecule has 0 bridgehead atoms. The SMILES string of the molecule is Cc1c(O)c(C(=O)O)cc2c1OC(c1ccccc1)CC2. The average molecular weight is 284 g/mol. The third kappa shape index (κ3) is 2.33. The van der Waals surface area contributed by atoms with Crippen molar-refractivity contribution in [1.82, 2.24) is 0 Å². The lowest BCUT2D eigenvalue weighted by molar-refractivity contribution is 0.0693. The number of rotatable bonds is 2. The van der Waals surface area contributed by atoms with Crippen LogP contribution in [0.1, 0.15) is 39.6 Å². The van der Waals surface area contributed by atoms with Crippen LogP contribution in [0.3, 0.4) is 0 Å². The fraction of sp³-hybridized carbons (Fsp3) is 0.235. The van der Waals surface area contributed by atoms with Crippen LogP contribution < -0.4 is 4.74 Å². The summed E-state index contributed by atoms with van der Waals surface area (Å²) in [6.45, 7) is 1.69. The summed E-state index contributed by atoms with van der Waals surface area (Å²) in [4.78, 5) is 11.1. The monoisotopic (exact) mass is 284 g/mol. The van der Waals surface area contributed by atoms with E-state index in [4.69, 9.17) is 9.84 Å². The van der Waals surface area contributed by atoms with Crippen LogP contribution in [0.5, 0.6) is 11.5 Å². The lowest BCUT2D eigenvalue weighted by Crippen LogP contribution is -2.17. The summed E-state index contributed by atoms with van der Waals surface area (Å²) in [5.41, 5.74) is 2.36. The molecule has 0 radical (unpaired) electrons. The van der Waals surface area contributed by atoms with Gasteiger partial charge in [-0.1, -0.05) is 30.3 Å². The Hall–Kier alpha value is -2.49. The fourth-order valence-electron chi connectivity index (χ4n) is 2.76. The van der Waals surface area contributed by atoms with E-state index in [0.717, 1.165) is 24.0 Å². The van der Waals surface area contributed by atoms with Crippen LogP contribution in [0.4, 0.5) is 0 Å². The molecule has 2 aromatic rings. The molecule has 1 aliphatic heterocycles. The topological polar surface area (TPSA) is 66.8 Å². The normalized spacial score (nSPS) is 16.9. The largest absolute Gasteiger partial charge is 0.507 e. The predicted molar refractivity (Wildman–Crippen MR) is 77.9 cm³/mol. The molecular formula is C17H16O4. The standard InChI is InChI=1S/C17H16O4/c1-10-15(18)13(17(19)20)9-12-7-8-14(21-16(10)12)11-5-3-2-4-6-11/h2-6,9,14,18H,7-8H2,1H3,(H,19,20). The van der Waals surface area contributed by atoms with Gasteiger partial charge in [-0.25, -0.2) is 4.79 Å². The molecule has 0 saturated heterocycles. The lowest BCUT2D eigenvalue weighted by atomic mass is 9.93. The smallest absolute Gasteiger partial charge is 0.339 e. The number of phenols is 1. The van der Waals surface area contributed by atoms with Crippen molar-refractivity contribution in [3.63, 3.8) is 0 Å². The van der Waals surface area contributed by atoms with E-state index in [1.807, 2.05) is 30.3 Å². The van der Waals surface area contributed by atoms with Gasteiger partial charge in [0.05, 0.1) is 0 Å². The van der Waals surface area contributed by atoms with Gasteiger partial charge in [0.15, 0.2) is 0 Å². The van der Waals surface area contributed by atoms with Crippen molar-refractivity contribution in [2.24, 2.45) is 0 Å². The first-order chi connectivity index (χ1) is 10.1. The van der Waals surface area contributed by atoms with Gasteiger partial charge in [0.25, 0.3) is 0 Å². The zero-order chi connectivity index (χ0) is 15.0. The molecule has 0 aliphatic carbocycles. The van der Waals surface area contributed by atoms with E-state index in [1.54, 1.807) is 6.92 Å². The highest BCUT2D eigenvalue weighted by atomic mass is 16.5. The van der Waals surface area contributed by atoms with E-state index in [9.17, 15) is 9.90 Å². The van der Waals surface area contributed by atoms with Crippen LogP contribution in [-0.4, -0.2) is 16.2 Å². The molecule has 0 amide bonds. The fourth-order valence-corrected chi connectivity index (χ4v) is 2.76. The second kappa shape index (κ2) is 5.13. The Morgan fingerprint density at radius 2 is 2.00 bits per heavy atom. The van der Waals surface area contributed by atoms with Crippen LogP contribution in [-0.2, 0) is 6.42 Å². The highest BCUT2D eigenvalue weighted by molar-refractivity contribution is 5.92. The summed E-state index contributed by atoms with van der Waals surface area (Å²) in [7, 11) is 0. The Morgan fingerprint density at radius 3 is 2.67 bits per heavy atom. The van der Waals surface area contributed by atoms with E-state index in [1.165, 1.54) is 6.07 Å². The molecule has 108 valence electrons. The number of aromatic carboxylic acids is 1. The van der Waals surface area contributed by atoms with Crippen LogP contribution in [0.2, 0.25) is 0 Å². The summed E-state index contributed by atoms with van der Waals surface area (Å²) >= 11 is 0. The first-order valence-corrected chi connectivity index (χ1v) is 6.88. The van der Waals surface area contributed by atoms with Crippen LogP contribution in [0.25, 0.3) is 0 Å².